The molecule has 15 N–H and O–H groups in total. The molecular formula is C39H54O21. The second kappa shape index (κ2) is 23.5. The molecule has 3 aliphatic rings. The summed E-state index contributed by atoms with van der Waals surface area (Å²) in [6.45, 7) is -2.33. The molecule has 0 bridgehead atoms. The van der Waals surface area contributed by atoms with Crippen molar-refractivity contribution in [3.63, 3.8) is 0 Å². The van der Waals surface area contributed by atoms with Gasteiger partial charge in [0.05, 0.1) is 39.6 Å². The number of hydrogen-bond donors (Lipinski definition) is 15. The van der Waals surface area contributed by atoms with Crippen molar-refractivity contribution in [1.82, 2.24) is 0 Å². The van der Waals surface area contributed by atoms with Crippen LogP contribution in [0.5, 0.6) is 17.2 Å². The number of benzene rings is 3. The Morgan fingerprint density at radius 3 is 0.783 bits per heavy atom. The van der Waals surface area contributed by atoms with Gasteiger partial charge >= 0.3 is 0 Å². The third kappa shape index (κ3) is 12.0. The van der Waals surface area contributed by atoms with Crippen LogP contribution in [0.2, 0.25) is 0 Å². The highest BCUT2D eigenvalue weighted by atomic mass is 16.7. The highest BCUT2D eigenvalue weighted by molar-refractivity contribution is 5.34. The molecule has 0 amide bonds. The Balaban J connectivity index is 0.000000198. The van der Waals surface area contributed by atoms with Crippen LogP contribution in [0.3, 0.4) is 0 Å². The number of aliphatic hydroxyl groups excluding tert-OH is 15. The Labute approximate surface area is 343 Å². The van der Waals surface area contributed by atoms with E-state index in [0.29, 0.717) is 33.9 Å². The van der Waals surface area contributed by atoms with Gasteiger partial charge in [-0.25, -0.2) is 0 Å². The topological polar surface area (TPSA) is 359 Å². The first-order valence-corrected chi connectivity index (χ1v) is 18.7. The van der Waals surface area contributed by atoms with E-state index >= 15 is 0 Å². The van der Waals surface area contributed by atoms with Gasteiger partial charge in [-0.3, -0.25) is 0 Å². The van der Waals surface area contributed by atoms with Crippen molar-refractivity contribution in [3.05, 3.63) is 89.5 Å². The van der Waals surface area contributed by atoms with Crippen LogP contribution < -0.4 is 14.2 Å². The number of hydrogen-bond acceptors (Lipinski definition) is 21. The van der Waals surface area contributed by atoms with Gasteiger partial charge in [-0.2, -0.15) is 0 Å². The molecule has 336 valence electrons. The van der Waals surface area contributed by atoms with E-state index < -0.39 is 112 Å². The maximum atomic E-state index is 9.84. The maximum Gasteiger partial charge on any atom is 0.229 e. The molecule has 0 spiro atoms. The minimum Gasteiger partial charge on any atom is -0.462 e. The van der Waals surface area contributed by atoms with E-state index in [1.54, 1.807) is 72.8 Å². The number of aliphatic hydroxyl groups is 15. The lowest BCUT2D eigenvalue weighted by Gasteiger charge is -2.39. The van der Waals surface area contributed by atoms with E-state index in [2.05, 4.69) is 0 Å². The molecular weight excluding hydrogens is 804 g/mol. The van der Waals surface area contributed by atoms with Crippen molar-refractivity contribution in [1.29, 1.82) is 0 Å². The number of rotatable bonds is 12. The summed E-state index contributed by atoms with van der Waals surface area (Å²) in [6.07, 6.45) is -20.0. The van der Waals surface area contributed by atoms with Crippen molar-refractivity contribution >= 4 is 0 Å². The standard InChI is InChI=1S/3C13H18O7/c3*14-5-7-3-1-2-4-8(7)19-13-12(18)11(17)10(16)9(6-15)20-13/h3*1-4,9-18H,5-6H2/t3*9-,10-,11+,12-,13-/m111/s1. The van der Waals surface area contributed by atoms with Crippen LogP contribution >= 0.6 is 0 Å². The fraction of sp³-hybridized carbons (Fsp3) is 0.538. The van der Waals surface area contributed by atoms with E-state index in [-0.39, 0.29) is 19.8 Å². The molecule has 3 aromatic carbocycles. The molecule has 0 aliphatic carbocycles. The summed E-state index contributed by atoms with van der Waals surface area (Å²) >= 11 is 0. The molecule has 3 aromatic rings. The molecule has 0 saturated carbocycles. The van der Waals surface area contributed by atoms with Crippen LogP contribution in [-0.4, -0.2) is 189 Å². The van der Waals surface area contributed by atoms with Gasteiger partial charge in [0.15, 0.2) is 0 Å². The van der Waals surface area contributed by atoms with Gasteiger partial charge < -0.3 is 105 Å². The lowest BCUT2D eigenvalue weighted by atomic mass is 9.99. The fourth-order valence-electron chi connectivity index (χ4n) is 6.12. The third-order valence-electron chi connectivity index (χ3n) is 9.70. The average Bonchev–Trinajstić information content (AvgIpc) is 3.27. The summed E-state index contributed by atoms with van der Waals surface area (Å²) in [6, 6.07) is 19.8. The molecule has 21 nitrogen and oxygen atoms in total. The molecule has 3 heterocycles. The Hall–Kier alpha value is -3.66. The van der Waals surface area contributed by atoms with E-state index in [1.807, 2.05) is 0 Å². The van der Waals surface area contributed by atoms with Gasteiger partial charge in [0.25, 0.3) is 0 Å². The van der Waals surface area contributed by atoms with Gasteiger partial charge in [0.2, 0.25) is 18.9 Å². The van der Waals surface area contributed by atoms with Crippen LogP contribution in [0.25, 0.3) is 0 Å². The number of ether oxygens (including phenoxy) is 6. The number of para-hydroxylation sites is 3. The zero-order chi connectivity index (χ0) is 44.1. The predicted octanol–water partition coefficient (Wildman–Crippen LogP) is -4.93. The monoisotopic (exact) mass is 858 g/mol. The summed E-state index contributed by atoms with van der Waals surface area (Å²) in [4.78, 5) is 0. The van der Waals surface area contributed by atoms with Crippen LogP contribution in [0.1, 0.15) is 16.7 Å². The summed E-state index contributed by atoms with van der Waals surface area (Å²) in [5, 5.41) is 142. The second-order valence-electron chi connectivity index (χ2n) is 13.7. The second-order valence-corrected chi connectivity index (χ2v) is 13.7. The van der Waals surface area contributed by atoms with Crippen LogP contribution in [0.15, 0.2) is 72.8 Å². The summed E-state index contributed by atoms with van der Waals surface area (Å²) in [7, 11) is 0. The quantitative estimate of drug-likeness (QED) is 0.0811. The van der Waals surface area contributed by atoms with Gasteiger partial charge in [0, 0.05) is 16.7 Å². The van der Waals surface area contributed by atoms with Crippen LogP contribution in [0.4, 0.5) is 0 Å². The average molecular weight is 859 g/mol. The van der Waals surface area contributed by atoms with E-state index in [0.717, 1.165) is 0 Å². The molecule has 3 fully saturated rings. The lowest BCUT2D eigenvalue weighted by molar-refractivity contribution is -0.277. The van der Waals surface area contributed by atoms with Crippen molar-refractivity contribution in [2.75, 3.05) is 19.8 Å². The zero-order valence-corrected chi connectivity index (χ0v) is 32.0. The first-order chi connectivity index (χ1) is 28.7. The summed E-state index contributed by atoms with van der Waals surface area (Å²) < 4.78 is 31.9. The van der Waals surface area contributed by atoms with E-state index in [4.69, 9.17) is 43.7 Å². The highest BCUT2D eigenvalue weighted by Gasteiger charge is 2.47. The molecule has 60 heavy (non-hydrogen) atoms. The molecule has 6 rings (SSSR count). The molecule has 15 atom stereocenters. The highest BCUT2D eigenvalue weighted by Crippen LogP contribution is 2.29. The zero-order valence-electron chi connectivity index (χ0n) is 32.0. The van der Waals surface area contributed by atoms with Gasteiger partial charge in [-0.15, -0.1) is 0 Å². The first kappa shape index (κ1) is 49.0. The SMILES string of the molecule is OCc1ccccc1O[C@@H]1O[C@H](CO)[C@@H](O)[C@H](O)[C@H]1O.OCc1ccccc1O[C@@H]1O[C@H](CO)[C@@H](O)[C@H](O)[C@H]1O.OCc1ccccc1O[C@@H]1O[C@H](CO)[C@@H](O)[C@H](O)[C@H]1O. The van der Waals surface area contributed by atoms with Gasteiger partial charge in [-0.1, -0.05) is 54.6 Å². The molecule has 0 unspecified atom stereocenters. The van der Waals surface area contributed by atoms with Gasteiger partial charge in [-0.05, 0) is 18.2 Å². The Kier molecular flexibility index (Phi) is 19.2. The van der Waals surface area contributed by atoms with Crippen molar-refractivity contribution in [3.8, 4) is 17.2 Å². The van der Waals surface area contributed by atoms with E-state index in [9.17, 15) is 61.3 Å². The normalized spacial score (nSPS) is 34.0. The largest absolute Gasteiger partial charge is 0.462 e. The molecule has 3 aliphatic heterocycles. The van der Waals surface area contributed by atoms with Crippen molar-refractivity contribution in [2.45, 2.75) is 112 Å². The smallest absolute Gasteiger partial charge is 0.229 e. The Bertz CT molecular complexity index is 1500. The predicted molar refractivity (Wildman–Crippen MR) is 200 cm³/mol. The van der Waals surface area contributed by atoms with Crippen molar-refractivity contribution < 1.29 is 105 Å². The molecule has 3 saturated heterocycles. The summed E-state index contributed by atoms with van der Waals surface area (Å²) in [5.74, 6) is 0.873. The van der Waals surface area contributed by atoms with E-state index in [1.165, 1.54) is 0 Å². The minimum atomic E-state index is -1.49. The third-order valence-corrected chi connectivity index (χ3v) is 9.70. The lowest BCUT2D eigenvalue weighted by Crippen LogP contribution is -2.60. The Morgan fingerprint density at radius 2 is 0.567 bits per heavy atom. The van der Waals surface area contributed by atoms with Gasteiger partial charge in [0.1, 0.15) is 90.5 Å². The van der Waals surface area contributed by atoms with Crippen molar-refractivity contribution in [2.24, 2.45) is 0 Å². The first-order valence-electron chi connectivity index (χ1n) is 18.7. The molecule has 0 aromatic heterocycles. The molecule has 21 heteroatoms. The fourth-order valence-corrected chi connectivity index (χ4v) is 6.12. The van der Waals surface area contributed by atoms with Crippen LogP contribution in [-0.2, 0) is 34.0 Å². The minimum absolute atomic E-state index is 0.256. The maximum absolute atomic E-state index is 9.84. The Morgan fingerprint density at radius 1 is 0.333 bits per heavy atom. The molecule has 0 radical (unpaired) electrons. The summed E-state index contributed by atoms with van der Waals surface area (Å²) in [5.41, 5.74) is 1.47. The van der Waals surface area contributed by atoms with Crippen LogP contribution in [0, 0.1) is 0 Å².